The van der Waals surface area contributed by atoms with E-state index in [-0.39, 0.29) is 24.2 Å². The summed E-state index contributed by atoms with van der Waals surface area (Å²) < 4.78 is 10.6. The molecule has 2 aromatic rings. The van der Waals surface area contributed by atoms with Gasteiger partial charge in [0.15, 0.2) is 0 Å². The molecular weight excluding hydrogens is 463 g/mol. The second-order valence-electron chi connectivity index (χ2n) is 8.76. The highest BCUT2D eigenvalue weighted by atomic mass is 35.5. The fraction of sp³-hybridized carbons (Fsp3) is 0.542. The van der Waals surface area contributed by atoms with Crippen molar-refractivity contribution in [3.05, 3.63) is 40.1 Å². The molecule has 0 amide bonds. The Balaban J connectivity index is 1.46. The molecule has 2 aliphatic rings. The Morgan fingerprint density at radius 3 is 2.88 bits per heavy atom. The van der Waals surface area contributed by atoms with E-state index in [0.29, 0.717) is 46.1 Å². The smallest absolute Gasteiger partial charge is 0.143 e. The zero-order valence-corrected chi connectivity index (χ0v) is 20.3. The molecule has 2 aliphatic heterocycles. The second-order valence-corrected chi connectivity index (χ2v) is 9.57. The number of ketones is 1. The van der Waals surface area contributed by atoms with Gasteiger partial charge in [0.05, 0.1) is 22.3 Å². The number of rotatable bonds is 9. The summed E-state index contributed by atoms with van der Waals surface area (Å²) in [5.74, 6) is 1.43. The van der Waals surface area contributed by atoms with Crippen molar-refractivity contribution < 1.29 is 14.3 Å². The van der Waals surface area contributed by atoms with Gasteiger partial charge in [0.1, 0.15) is 11.6 Å². The number of hydrogen-bond acceptors (Lipinski definition) is 7. The molecule has 0 spiro atoms. The standard InChI is InChI=1S/C24H30Cl2N4O3/c1-32-14-18-8-16(12-27-18)22(31)10-17-9-19(21(26)13-28-17)24-20(25)2-3-23(30-24)29-11-15-4-6-33-7-5-15/h2-3,9,13,15-16,18,27H,4-8,10-12,14H2,1H3,(H,29,30)/t16-,18+/m1/s1. The highest BCUT2D eigenvalue weighted by Gasteiger charge is 2.29. The summed E-state index contributed by atoms with van der Waals surface area (Å²) in [6, 6.07) is 5.73. The first-order valence-corrected chi connectivity index (χ1v) is 12.2. The number of anilines is 1. The fourth-order valence-electron chi connectivity index (χ4n) is 4.40. The van der Waals surface area contributed by atoms with E-state index in [4.69, 9.17) is 37.7 Å². The van der Waals surface area contributed by atoms with Gasteiger partial charge in [-0.05, 0) is 43.4 Å². The molecule has 7 nitrogen and oxygen atoms in total. The van der Waals surface area contributed by atoms with Gasteiger partial charge in [0.25, 0.3) is 0 Å². The van der Waals surface area contributed by atoms with Crippen LogP contribution in [0.25, 0.3) is 11.3 Å². The van der Waals surface area contributed by atoms with Crippen LogP contribution in [0.3, 0.4) is 0 Å². The molecule has 2 aromatic heterocycles. The molecule has 0 radical (unpaired) electrons. The number of pyridine rings is 2. The lowest BCUT2D eigenvalue weighted by molar-refractivity contribution is -0.121. The number of carbonyl (C=O) groups is 1. The zero-order valence-electron chi connectivity index (χ0n) is 18.8. The normalized spacial score (nSPS) is 21.3. The van der Waals surface area contributed by atoms with Crippen LogP contribution >= 0.6 is 23.2 Å². The van der Waals surface area contributed by atoms with Gasteiger partial charge in [0.2, 0.25) is 0 Å². The Bertz CT molecular complexity index is 969. The molecule has 4 rings (SSSR count). The number of carbonyl (C=O) groups excluding carboxylic acids is 1. The van der Waals surface area contributed by atoms with E-state index >= 15 is 0 Å². The number of ether oxygens (including phenoxy) is 2. The summed E-state index contributed by atoms with van der Waals surface area (Å²) in [5, 5.41) is 7.70. The molecule has 33 heavy (non-hydrogen) atoms. The molecule has 0 aromatic carbocycles. The summed E-state index contributed by atoms with van der Waals surface area (Å²) in [4.78, 5) is 21.9. The van der Waals surface area contributed by atoms with Gasteiger partial charge in [-0.25, -0.2) is 4.98 Å². The molecule has 0 saturated carbocycles. The van der Waals surface area contributed by atoms with Crippen LogP contribution in [0.5, 0.6) is 0 Å². The van der Waals surface area contributed by atoms with E-state index in [1.807, 2.05) is 18.2 Å². The van der Waals surface area contributed by atoms with Crippen LogP contribution in [0.15, 0.2) is 24.4 Å². The maximum atomic E-state index is 12.8. The van der Waals surface area contributed by atoms with Crippen molar-refractivity contribution >= 4 is 34.8 Å². The third-order valence-corrected chi connectivity index (χ3v) is 6.93. The van der Waals surface area contributed by atoms with Crippen LogP contribution in [-0.2, 0) is 20.7 Å². The van der Waals surface area contributed by atoms with E-state index in [2.05, 4.69) is 15.6 Å². The first kappa shape index (κ1) is 24.4. The molecule has 0 bridgehead atoms. The van der Waals surface area contributed by atoms with Crippen LogP contribution in [-0.4, -0.2) is 61.8 Å². The lowest BCUT2D eigenvalue weighted by Gasteiger charge is -2.22. The maximum absolute atomic E-state index is 12.8. The third-order valence-electron chi connectivity index (χ3n) is 6.33. The largest absolute Gasteiger partial charge is 0.383 e. The predicted molar refractivity (Wildman–Crippen MR) is 130 cm³/mol. The van der Waals surface area contributed by atoms with Crippen LogP contribution in [0.2, 0.25) is 10.0 Å². The quantitative estimate of drug-likeness (QED) is 0.546. The van der Waals surface area contributed by atoms with E-state index in [0.717, 1.165) is 44.8 Å². The van der Waals surface area contributed by atoms with Gasteiger partial charge in [-0.2, -0.15) is 0 Å². The minimum Gasteiger partial charge on any atom is -0.383 e. The predicted octanol–water partition coefficient (Wildman–Crippen LogP) is 4.03. The molecule has 2 fully saturated rings. The number of halogens is 2. The van der Waals surface area contributed by atoms with Crippen molar-refractivity contribution in [2.75, 3.05) is 45.3 Å². The summed E-state index contributed by atoms with van der Waals surface area (Å²) in [6.07, 6.45) is 4.69. The Hall–Kier alpha value is -1.77. The van der Waals surface area contributed by atoms with Crippen molar-refractivity contribution in [2.24, 2.45) is 11.8 Å². The molecule has 0 aliphatic carbocycles. The van der Waals surface area contributed by atoms with Crippen LogP contribution < -0.4 is 10.6 Å². The Morgan fingerprint density at radius 2 is 2.09 bits per heavy atom. The lowest BCUT2D eigenvalue weighted by Crippen LogP contribution is -2.26. The number of Topliss-reactive ketones (excluding diaryl/α,β-unsaturated/α-hetero) is 1. The molecule has 2 N–H and O–H groups in total. The first-order chi connectivity index (χ1) is 16.0. The number of nitrogens with zero attached hydrogens (tertiary/aromatic N) is 2. The third kappa shape index (κ3) is 6.43. The monoisotopic (exact) mass is 492 g/mol. The SMILES string of the molecule is COC[C@@H]1C[C@@H](C(=O)Cc2cc(-c3nc(NCC4CCOCC4)ccc3Cl)c(Cl)cn2)CN1. The average molecular weight is 493 g/mol. The van der Waals surface area contributed by atoms with Crippen molar-refractivity contribution in [2.45, 2.75) is 31.7 Å². The molecule has 4 heterocycles. The minimum atomic E-state index is -0.0366. The number of nitrogens with one attached hydrogen (secondary N) is 2. The zero-order chi connectivity index (χ0) is 23.2. The molecule has 9 heteroatoms. The first-order valence-electron chi connectivity index (χ1n) is 11.4. The van der Waals surface area contributed by atoms with Gasteiger partial charge >= 0.3 is 0 Å². The highest BCUT2D eigenvalue weighted by Crippen LogP contribution is 2.33. The molecule has 0 unspecified atom stereocenters. The fourth-order valence-corrected chi connectivity index (χ4v) is 4.80. The van der Waals surface area contributed by atoms with Gasteiger partial charge in [0, 0.05) is 69.2 Å². The van der Waals surface area contributed by atoms with E-state index < -0.39 is 0 Å². The van der Waals surface area contributed by atoms with Gasteiger partial charge in [-0.15, -0.1) is 0 Å². The molecule has 178 valence electrons. The molecular formula is C24H30Cl2N4O3. The van der Waals surface area contributed by atoms with Crippen LogP contribution in [0.1, 0.15) is 25.0 Å². The van der Waals surface area contributed by atoms with E-state index in [1.165, 1.54) is 0 Å². The summed E-state index contributed by atoms with van der Waals surface area (Å²) in [7, 11) is 1.67. The average Bonchev–Trinajstić information content (AvgIpc) is 3.30. The number of aromatic nitrogens is 2. The second kappa shape index (κ2) is 11.6. The van der Waals surface area contributed by atoms with Crippen LogP contribution in [0.4, 0.5) is 5.82 Å². The van der Waals surface area contributed by atoms with Gasteiger partial charge < -0.3 is 20.1 Å². The highest BCUT2D eigenvalue weighted by molar-refractivity contribution is 6.36. The van der Waals surface area contributed by atoms with Crippen LogP contribution in [0, 0.1) is 11.8 Å². The van der Waals surface area contributed by atoms with E-state index in [1.54, 1.807) is 13.3 Å². The maximum Gasteiger partial charge on any atom is 0.143 e. The topological polar surface area (TPSA) is 85.4 Å². The number of methoxy groups -OCH3 is 1. The Morgan fingerprint density at radius 1 is 1.27 bits per heavy atom. The van der Waals surface area contributed by atoms with Gasteiger partial charge in [-0.1, -0.05) is 23.2 Å². The Kier molecular flexibility index (Phi) is 8.55. The molecule has 2 atom stereocenters. The Labute approximate surface area is 204 Å². The number of hydrogen-bond donors (Lipinski definition) is 2. The van der Waals surface area contributed by atoms with Crippen molar-refractivity contribution in [1.82, 2.24) is 15.3 Å². The molecule has 2 saturated heterocycles. The minimum absolute atomic E-state index is 0.0366. The lowest BCUT2D eigenvalue weighted by atomic mass is 9.96. The van der Waals surface area contributed by atoms with E-state index in [9.17, 15) is 4.79 Å². The van der Waals surface area contributed by atoms with Crippen molar-refractivity contribution in [1.29, 1.82) is 0 Å². The summed E-state index contributed by atoms with van der Waals surface area (Å²) in [5.41, 5.74) is 1.92. The van der Waals surface area contributed by atoms with Gasteiger partial charge in [-0.3, -0.25) is 9.78 Å². The van der Waals surface area contributed by atoms with Crippen molar-refractivity contribution in [3.63, 3.8) is 0 Å². The summed E-state index contributed by atoms with van der Waals surface area (Å²) in [6.45, 7) is 3.73. The summed E-state index contributed by atoms with van der Waals surface area (Å²) >= 11 is 13.0. The van der Waals surface area contributed by atoms with Crippen molar-refractivity contribution in [3.8, 4) is 11.3 Å².